The van der Waals surface area contributed by atoms with E-state index in [1.54, 1.807) is 30.3 Å². The third-order valence-electron chi connectivity index (χ3n) is 4.70. The Morgan fingerprint density at radius 1 is 1.00 bits per heavy atom. The summed E-state index contributed by atoms with van der Waals surface area (Å²) in [7, 11) is 1.98. The van der Waals surface area contributed by atoms with Crippen molar-refractivity contribution in [1.29, 1.82) is 5.26 Å². The van der Waals surface area contributed by atoms with Crippen LogP contribution in [-0.4, -0.2) is 37.7 Å². The van der Waals surface area contributed by atoms with Gasteiger partial charge in [0.2, 0.25) is 5.91 Å². The van der Waals surface area contributed by atoms with Gasteiger partial charge in [-0.1, -0.05) is 36.4 Å². The number of nitrogens with zero attached hydrogens (tertiary/aromatic N) is 2. The molecule has 3 aromatic rings. The Morgan fingerprint density at radius 2 is 1.75 bits per heavy atom. The number of likely N-dealkylation sites (N-methyl/N-ethyl adjacent to an activating group) is 1. The number of carbonyl (C=O) groups is 2. The number of carbonyl (C=O) groups excluding carboxylic acids is 2. The minimum atomic E-state index is -0.204. The Labute approximate surface area is 192 Å². The van der Waals surface area contributed by atoms with E-state index in [9.17, 15) is 9.59 Å². The van der Waals surface area contributed by atoms with Crippen LogP contribution in [0.15, 0.2) is 83.8 Å². The van der Waals surface area contributed by atoms with Crippen LogP contribution in [0.2, 0.25) is 0 Å². The molecule has 3 rings (SSSR count). The lowest BCUT2D eigenvalue weighted by atomic mass is 10.2. The molecule has 0 aliphatic heterocycles. The second-order valence-electron chi connectivity index (χ2n) is 7.04. The van der Waals surface area contributed by atoms with E-state index in [1.165, 1.54) is 11.8 Å². The molecule has 0 aliphatic carbocycles. The molecule has 32 heavy (non-hydrogen) atoms. The summed E-state index contributed by atoms with van der Waals surface area (Å²) in [4.78, 5) is 27.9. The second-order valence-corrected chi connectivity index (χ2v) is 8.06. The van der Waals surface area contributed by atoms with E-state index in [2.05, 4.69) is 15.5 Å². The zero-order valence-corrected chi connectivity index (χ0v) is 18.6. The van der Waals surface area contributed by atoms with E-state index >= 15 is 0 Å². The molecule has 0 atom stereocenters. The minimum absolute atomic E-state index is 0.151. The molecule has 7 heteroatoms. The van der Waals surface area contributed by atoms with Crippen LogP contribution in [0.25, 0.3) is 0 Å². The SMILES string of the molecule is CN(CCNC(=O)c1ccccc1SCC(=O)Nc1cccc(C#N)c1)c1ccccc1. The number of rotatable bonds is 9. The molecule has 0 saturated heterocycles. The molecule has 0 aliphatic rings. The number of para-hydroxylation sites is 1. The lowest BCUT2D eigenvalue weighted by Crippen LogP contribution is -2.33. The highest BCUT2D eigenvalue weighted by Crippen LogP contribution is 2.23. The van der Waals surface area contributed by atoms with Gasteiger partial charge in [0.25, 0.3) is 5.91 Å². The lowest BCUT2D eigenvalue weighted by Gasteiger charge is -2.19. The molecule has 2 N–H and O–H groups in total. The average Bonchev–Trinajstić information content (AvgIpc) is 2.83. The first-order valence-electron chi connectivity index (χ1n) is 10.1. The van der Waals surface area contributed by atoms with Gasteiger partial charge in [-0.25, -0.2) is 0 Å². The van der Waals surface area contributed by atoms with E-state index in [1.807, 2.05) is 61.6 Å². The highest BCUT2D eigenvalue weighted by atomic mass is 32.2. The fraction of sp³-hybridized carbons (Fsp3) is 0.160. The Balaban J connectivity index is 1.52. The summed E-state index contributed by atoms with van der Waals surface area (Å²) in [5.41, 5.74) is 2.68. The Hall–Kier alpha value is -3.76. The number of thioether (sulfide) groups is 1. The van der Waals surface area contributed by atoms with Gasteiger partial charge in [-0.2, -0.15) is 5.26 Å². The normalized spacial score (nSPS) is 10.1. The molecule has 2 amide bonds. The van der Waals surface area contributed by atoms with Crippen molar-refractivity contribution in [2.24, 2.45) is 0 Å². The molecule has 0 bridgehead atoms. The molecule has 3 aromatic carbocycles. The number of benzene rings is 3. The Morgan fingerprint density at radius 3 is 2.53 bits per heavy atom. The van der Waals surface area contributed by atoms with Crippen LogP contribution >= 0.6 is 11.8 Å². The third-order valence-corrected chi connectivity index (χ3v) is 5.77. The lowest BCUT2D eigenvalue weighted by molar-refractivity contribution is -0.113. The van der Waals surface area contributed by atoms with Gasteiger partial charge in [-0.3, -0.25) is 9.59 Å². The van der Waals surface area contributed by atoms with E-state index in [0.29, 0.717) is 29.9 Å². The van der Waals surface area contributed by atoms with Gasteiger partial charge >= 0.3 is 0 Å². The quantitative estimate of drug-likeness (QED) is 0.484. The van der Waals surface area contributed by atoms with Crippen LogP contribution in [0.5, 0.6) is 0 Å². The average molecular weight is 445 g/mol. The summed E-state index contributed by atoms with van der Waals surface area (Å²) in [6.07, 6.45) is 0. The predicted octanol–water partition coefficient (Wildman–Crippen LogP) is 4.16. The van der Waals surface area contributed by atoms with E-state index < -0.39 is 0 Å². The van der Waals surface area contributed by atoms with E-state index in [0.717, 1.165) is 10.6 Å². The molecule has 0 radical (unpaired) electrons. The van der Waals surface area contributed by atoms with Gasteiger partial charge in [0.15, 0.2) is 0 Å². The van der Waals surface area contributed by atoms with Crippen LogP contribution in [-0.2, 0) is 4.79 Å². The van der Waals surface area contributed by atoms with Gasteiger partial charge in [-0.15, -0.1) is 11.8 Å². The summed E-state index contributed by atoms with van der Waals surface area (Å²) in [5.74, 6) is -0.223. The first-order valence-corrected chi connectivity index (χ1v) is 11.1. The van der Waals surface area contributed by atoms with Crippen LogP contribution in [0.3, 0.4) is 0 Å². The Kier molecular flexibility index (Phi) is 8.29. The monoisotopic (exact) mass is 444 g/mol. The van der Waals surface area contributed by atoms with Gasteiger partial charge in [0.1, 0.15) is 0 Å². The predicted molar refractivity (Wildman–Crippen MR) is 129 cm³/mol. The van der Waals surface area contributed by atoms with Crippen molar-refractivity contribution >= 4 is 35.0 Å². The van der Waals surface area contributed by atoms with Gasteiger partial charge < -0.3 is 15.5 Å². The maximum atomic E-state index is 12.7. The minimum Gasteiger partial charge on any atom is -0.373 e. The fourth-order valence-electron chi connectivity index (χ4n) is 3.03. The zero-order valence-electron chi connectivity index (χ0n) is 17.7. The molecule has 0 fully saturated rings. The maximum Gasteiger partial charge on any atom is 0.252 e. The summed E-state index contributed by atoms with van der Waals surface area (Å²) >= 11 is 1.30. The topological polar surface area (TPSA) is 85.2 Å². The van der Waals surface area contributed by atoms with E-state index in [4.69, 9.17) is 5.26 Å². The molecular weight excluding hydrogens is 420 g/mol. The summed E-state index contributed by atoms with van der Waals surface area (Å²) in [6, 6.07) is 26.0. The number of hydrogen-bond acceptors (Lipinski definition) is 5. The molecular formula is C25H24N4O2S. The third kappa shape index (κ3) is 6.62. The number of anilines is 2. The highest BCUT2D eigenvalue weighted by Gasteiger charge is 2.13. The summed E-state index contributed by atoms with van der Waals surface area (Å²) in [5, 5.41) is 14.7. The van der Waals surface area contributed by atoms with Crippen LogP contribution < -0.4 is 15.5 Å². The van der Waals surface area contributed by atoms with Crippen molar-refractivity contribution in [2.75, 3.05) is 36.1 Å². The van der Waals surface area contributed by atoms with Crippen molar-refractivity contribution in [3.63, 3.8) is 0 Å². The number of hydrogen-bond donors (Lipinski definition) is 2. The van der Waals surface area contributed by atoms with Crippen molar-refractivity contribution in [2.45, 2.75) is 4.90 Å². The largest absolute Gasteiger partial charge is 0.373 e. The highest BCUT2D eigenvalue weighted by molar-refractivity contribution is 8.00. The zero-order chi connectivity index (χ0) is 22.8. The molecule has 0 unspecified atom stereocenters. The fourth-order valence-corrected chi connectivity index (χ4v) is 3.88. The van der Waals surface area contributed by atoms with Gasteiger partial charge in [0.05, 0.1) is 22.9 Å². The first kappa shape index (κ1) is 22.9. The first-order chi connectivity index (χ1) is 15.6. The summed E-state index contributed by atoms with van der Waals surface area (Å²) < 4.78 is 0. The molecule has 0 spiro atoms. The Bertz CT molecular complexity index is 1110. The second kappa shape index (κ2) is 11.6. The molecule has 6 nitrogen and oxygen atoms in total. The number of nitriles is 1. The molecule has 162 valence electrons. The van der Waals surface area contributed by atoms with Crippen molar-refractivity contribution in [3.8, 4) is 6.07 Å². The molecule has 0 heterocycles. The van der Waals surface area contributed by atoms with Crippen molar-refractivity contribution in [3.05, 3.63) is 90.0 Å². The van der Waals surface area contributed by atoms with Crippen molar-refractivity contribution in [1.82, 2.24) is 5.32 Å². The number of amides is 2. The van der Waals surface area contributed by atoms with Crippen LogP contribution in [0.4, 0.5) is 11.4 Å². The molecule has 0 aromatic heterocycles. The number of nitrogens with one attached hydrogen (secondary N) is 2. The van der Waals surface area contributed by atoms with Crippen LogP contribution in [0, 0.1) is 11.3 Å². The van der Waals surface area contributed by atoms with Crippen LogP contribution in [0.1, 0.15) is 15.9 Å². The molecule has 0 saturated carbocycles. The van der Waals surface area contributed by atoms with Crippen molar-refractivity contribution < 1.29 is 9.59 Å². The van der Waals surface area contributed by atoms with Gasteiger partial charge in [0, 0.05) is 36.4 Å². The summed E-state index contributed by atoms with van der Waals surface area (Å²) in [6.45, 7) is 1.17. The smallest absolute Gasteiger partial charge is 0.252 e. The maximum absolute atomic E-state index is 12.7. The van der Waals surface area contributed by atoms with Gasteiger partial charge in [-0.05, 0) is 42.5 Å². The standard InChI is InChI=1S/C25H24N4O2S/c1-29(21-10-3-2-4-11-21)15-14-27-25(31)22-12-5-6-13-23(22)32-18-24(30)28-20-9-7-8-19(16-20)17-26/h2-13,16H,14-15,18H2,1H3,(H,27,31)(H,28,30). The van der Waals surface area contributed by atoms with E-state index in [-0.39, 0.29) is 17.6 Å².